The maximum atomic E-state index is 12.1. The molecule has 0 saturated carbocycles. The zero-order valence-corrected chi connectivity index (χ0v) is 15.8. The number of amides is 1. The predicted octanol–water partition coefficient (Wildman–Crippen LogP) is 5.14. The molecule has 132 valence electrons. The summed E-state index contributed by atoms with van der Waals surface area (Å²) in [5.74, 6) is 0.961. The fraction of sp³-hybridized carbons (Fsp3) is 0.0952. The van der Waals surface area contributed by atoms with Crippen LogP contribution >= 0.6 is 15.9 Å². The Bertz CT molecular complexity index is 897. The molecular formula is C21H18BrNO3. The van der Waals surface area contributed by atoms with E-state index in [-0.39, 0.29) is 12.5 Å². The van der Waals surface area contributed by atoms with Crippen molar-refractivity contribution < 1.29 is 14.3 Å². The summed E-state index contributed by atoms with van der Waals surface area (Å²) in [6.45, 7) is -0.0959. The summed E-state index contributed by atoms with van der Waals surface area (Å²) in [4.78, 5) is 12.1. The van der Waals surface area contributed by atoms with Crippen LogP contribution in [0, 0.1) is 0 Å². The van der Waals surface area contributed by atoms with E-state index in [1.165, 1.54) is 0 Å². The van der Waals surface area contributed by atoms with Gasteiger partial charge in [0.2, 0.25) is 0 Å². The van der Waals surface area contributed by atoms with Crippen molar-refractivity contribution in [2.45, 2.75) is 0 Å². The summed E-state index contributed by atoms with van der Waals surface area (Å²) in [6.07, 6.45) is 0. The number of carbonyl (C=O) groups is 1. The third-order valence-electron chi connectivity index (χ3n) is 3.78. The minimum absolute atomic E-state index is 0.0959. The van der Waals surface area contributed by atoms with E-state index in [2.05, 4.69) is 21.2 Å². The molecule has 0 aliphatic heterocycles. The molecule has 3 aromatic carbocycles. The van der Waals surface area contributed by atoms with Crippen molar-refractivity contribution in [3.05, 3.63) is 77.3 Å². The Morgan fingerprint density at radius 1 is 0.923 bits per heavy atom. The normalized spacial score (nSPS) is 10.2. The SMILES string of the molecule is COc1ccccc1NC(=O)COc1ccc(-c2ccccc2)cc1Br. The average molecular weight is 412 g/mol. The molecule has 0 unspecified atom stereocenters. The van der Waals surface area contributed by atoms with Crippen LogP contribution < -0.4 is 14.8 Å². The Morgan fingerprint density at radius 3 is 2.38 bits per heavy atom. The second kappa shape index (κ2) is 8.54. The Balaban J connectivity index is 1.63. The summed E-state index contributed by atoms with van der Waals surface area (Å²) in [5, 5.41) is 2.78. The van der Waals surface area contributed by atoms with Gasteiger partial charge in [-0.3, -0.25) is 4.79 Å². The Labute approximate surface area is 160 Å². The van der Waals surface area contributed by atoms with Crippen molar-refractivity contribution in [1.82, 2.24) is 0 Å². The molecule has 1 amide bonds. The lowest BCUT2D eigenvalue weighted by Gasteiger charge is -2.12. The molecule has 0 aliphatic rings. The van der Waals surface area contributed by atoms with Crippen LogP contribution in [0.1, 0.15) is 0 Å². The van der Waals surface area contributed by atoms with E-state index in [0.717, 1.165) is 15.6 Å². The highest BCUT2D eigenvalue weighted by molar-refractivity contribution is 9.10. The van der Waals surface area contributed by atoms with Crippen molar-refractivity contribution in [3.8, 4) is 22.6 Å². The van der Waals surface area contributed by atoms with E-state index < -0.39 is 0 Å². The van der Waals surface area contributed by atoms with E-state index in [4.69, 9.17) is 9.47 Å². The van der Waals surface area contributed by atoms with Crippen LogP contribution in [0.15, 0.2) is 77.3 Å². The summed E-state index contributed by atoms with van der Waals surface area (Å²) < 4.78 is 11.7. The summed E-state index contributed by atoms with van der Waals surface area (Å²) >= 11 is 3.51. The quantitative estimate of drug-likeness (QED) is 0.610. The molecule has 3 aromatic rings. The summed E-state index contributed by atoms with van der Waals surface area (Å²) in [5.41, 5.74) is 2.80. The van der Waals surface area contributed by atoms with Gasteiger partial charge in [-0.05, 0) is 51.3 Å². The van der Waals surface area contributed by atoms with Crippen LogP contribution in [0.5, 0.6) is 11.5 Å². The van der Waals surface area contributed by atoms with Gasteiger partial charge in [0.1, 0.15) is 11.5 Å². The molecule has 5 heteroatoms. The van der Waals surface area contributed by atoms with Gasteiger partial charge in [0.05, 0.1) is 17.3 Å². The molecule has 0 bridgehead atoms. The zero-order valence-electron chi connectivity index (χ0n) is 14.2. The zero-order chi connectivity index (χ0) is 18.4. The van der Waals surface area contributed by atoms with Gasteiger partial charge in [0.25, 0.3) is 5.91 Å². The van der Waals surface area contributed by atoms with E-state index in [0.29, 0.717) is 17.2 Å². The molecule has 26 heavy (non-hydrogen) atoms. The molecule has 0 aromatic heterocycles. The molecule has 0 aliphatic carbocycles. The lowest BCUT2D eigenvalue weighted by molar-refractivity contribution is -0.118. The first-order valence-electron chi connectivity index (χ1n) is 8.08. The molecule has 0 saturated heterocycles. The molecule has 4 nitrogen and oxygen atoms in total. The standard InChI is InChI=1S/C21H18BrNO3/c1-25-20-10-6-5-9-18(20)23-21(24)14-26-19-12-11-16(13-17(19)22)15-7-3-2-4-8-15/h2-13H,14H2,1H3,(H,23,24). The van der Waals surface area contributed by atoms with Gasteiger partial charge in [-0.2, -0.15) is 0 Å². The van der Waals surface area contributed by atoms with Crippen LogP contribution in [0.4, 0.5) is 5.69 Å². The highest BCUT2D eigenvalue weighted by atomic mass is 79.9. The average Bonchev–Trinajstić information content (AvgIpc) is 2.68. The van der Waals surface area contributed by atoms with E-state index in [1.54, 1.807) is 19.2 Å². The van der Waals surface area contributed by atoms with Crippen LogP contribution in [-0.2, 0) is 4.79 Å². The lowest BCUT2D eigenvalue weighted by atomic mass is 10.1. The maximum Gasteiger partial charge on any atom is 0.262 e. The summed E-state index contributed by atoms with van der Waals surface area (Å²) in [7, 11) is 1.56. The fourth-order valence-electron chi connectivity index (χ4n) is 2.51. The minimum atomic E-state index is -0.256. The van der Waals surface area contributed by atoms with Crippen molar-refractivity contribution in [3.63, 3.8) is 0 Å². The number of halogens is 1. The monoisotopic (exact) mass is 411 g/mol. The molecule has 1 N–H and O–H groups in total. The van der Waals surface area contributed by atoms with Gasteiger partial charge in [-0.15, -0.1) is 0 Å². The second-order valence-corrected chi connectivity index (χ2v) is 6.40. The Hall–Kier alpha value is -2.79. The molecule has 3 rings (SSSR count). The van der Waals surface area contributed by atoms with Gasteiger partial charge in [0, 0.05) is 0 Å². The first-order chi connectivity index (χ1) is 12.7. The van der Waals surface area contributed by atoms with E-state index in [1.807, 2.05) is 60.7 Å². The maximum absolute atomic E-state index is 12.1. The molecule has 0 spiro atoms. The third-order valence-corrected chi connectivity index (χ3v) is 4.40. The number of anilines is 1. The van der Waals surface area contributed by atoms with Crippen LogP contribution in [0.2, 0.25) is 0 Å². The Kier molecular flexibility index (Phi) is 5.92. The van der Waals surface area contributed by atoms with Gasteiger partial charge < -0.3 is 14.8 Å². The second-order valence-electron chi connectivity index (χ2n) is 5.55. The smallest absolute Gasteiger partial charge is 0.262 e. The number of carbonyl (C=O) groups excluding carboxylic acids is 1. The number of nitrogens with one attached hydrogen (secondary N) is 1. The fourth-order valence-corrected chi connectivity index (χ4v) is 3.00. The van der Waals surface area contributed by atoms with Crippen LogP contribution in [-0.4, -0.2) is 19.6 Å². The number of methoxy groups -OCH3 is 1. The molecule has 0 atom stereocenters. The van der Waals surface area contributed by atoms with Crippen molar-refractivity contribution >= 4 is 27.5 Å². The van der Waals surface area contributed by atoms with Gasteiger partial charge in [-0.1, -0.05) is 48.5 Å². The van der Waals surface area contributed by atoms with Crippen LogP contribution in [0.25, 0.3) is 11.1 Å². The largest absolute Gasteiger partial charge is 0.495 e. The number of para-hydroxylation sites is 2. The number of hydrogen-bond acceptors (Lipinski definition) is 3. The molecule has 0 heterocycles. The van der Waals surface area contributed by atoms with Gasteiger partial charge in [-0.25, -0.2) is 0 Å². The third kappa shape index (κ3) is 4.43. The molecule has 0 radical (unpaired) electrons. The minimum Gasteiger partial charge on any atom is -0.495 e. The van der Waals surface area contributed by atoms with Crippen LogP contribution in [0.3, 0.4) is 0 Å². The number of ether oxygens (including phenoxy) is 2. The van der Waals surface area contributed by atoms with Crippen molar-refractivity contribution in [2.24, 2.45) is 0 Å². The lowest BCUT2D eigenvalue weighted by Crippen LogP contribution is -2.20. The predicted molar refractivity (Wildman–Crippen MR) is 107 cm³/mol. The number of rotatable bonds is 6. The first-order valence-corrected chi connectivity index (χ1v) is 8.87. The summed E-state index contributed by atoms with van der Waals surface area (Å²) in [6, 6.07) is 23.1. The van der Waals surface area contributed by atoms with Gasteiger partial charge in [0.15, 0.2) is 6.61 Å². The van der Waals surface area contributed by atoms with Crippen molar-refractivity contribution in [2.75, 3.05) is 19.0 Å². The highest BCUT2D eigenvalue weighted by Crippen LogP contribution is 2.30. The van der Waals surface area contributed by atoms with E-state index >= 15 is 0 Å². The first kappa shape index (κ1) is 18.0. The highest BCUT2D eigenvalue weighted by Gasteiger charge is 2.10. The Morgan fingerprint density at radius 2 is 1.65 bits per heavy atom. The molecule has 0 fully saturated rings. The number of benzene rings is 3. The van der Waals surface area contributed by atoms with Gasteiger partial charge >= 0.3 is 0 Å². The van der Waals surface area contributed by atoms with E-state index in [9.17, 15) is 4.79 Å². The topological polar surface area (TPSA) is 47.6 Å². The number of hydrogen-bond donors (Lipinski definition) is 1. The van der Waals surface area contributed by atoms with Crippen molar-refractivity contribution in [1.29, 1.82) is 0 Å². The molecular weight excluding hydrogens is 394 g/mol.